The van der Waals surface area contributed by atoms with E-state index in [1.165, 1.54) is 6.07 Å². The fourth-order valence-corrected chi connectivity index (χ4v) is 2.48. The van der Waals surface area contributed by atoms with Crippen molar-refractivity contribution in [3.8, 4) is 0 Å². The van der Waals surface area contributed by atoms with Gasteiger partial charge in [0.1, 0.15) is 11.3 Å². The number of imidazole rings is 1. The molecular formula is C16H22ClFN2O. The van der Waals surface area contributed by atoms with Gasteiger partial charge >= 0.3 is 0 Å². The molecule has 0 saturated carbocycles. The van der Waals surface area contributed by atoms with Gasteiger partial charge in [-0.1, -0.05) is 19.9 Å². The number of hydrogen-bond acceptors (Lipinski definition) is 2. The third-order valence-electron chi connectivity index (χ3n) is 3.24. The van der Waals surface area contributed by atoms with Gasteiger partial charge in [0.2, 0.25) is 0 Å². The number of rotatable bonds is 7. The van der Waals surface area contributed by atoms with Gasteiger partial charge in [-0.15, -0.1) is 11.6 Å². The second-order valence-electron chi connectivity index (χ2n) is 5.67. The molecule has 2 aromatic rings. The zero-order chi connectivity index (χ0) is 15.4. The van der Waals surface area contributed by atoms with E-state index in [4.69, 9.17) is 16.3 Å². The lowest BCUT2D eigenvalue weighted by Gasteiger charge is -2.11. The zero-order valence-electron chi connectivity index (χ0n) is 12.8. The van der Waals surface area contributed by atoms with Crippen LogP contribution in [-0.4, -0.2) is 22.8 Å². The molecule has 1 aromatic carbocycles. The molecule has 3 nitrogen and oxygen atoms in total. The highest BCUT2D eigenvalue weighted by Gasteiger charge is 2.16. The van der Waals surface area contributed by atoms with Crippen LogP contribution in [-0.2, 0) is 11.3 Å². The van der Waals surface area contributed by atoms with Gasteiger partial charge in [-0.05, 0) is 31.4 Å². The quantitative estimate of drug-likeness (QED) is 0.554. The minimum Gasteiger partial charge on any atom is -0.381 e. The maximum atomic E-state index is 13.8. The van der Waals surface area contributed by atoms with Gasteiger partial charge in [-0.2, -0.15) is 0 Å². The molecule has 2 rings (SSSR count). The fourth-order valence-electron chi connectivity index (χ4n) is 2.31. The molecule has 0 amide bonds. The van der Waals surface area contributed by atoms with Gasteiger partial charge in [0.25, 0.3) is 0 Å². The number of aromatic nitrogens is 2. The number of alkyl halides is 1. The van der Waals surface area contributed by atoms with E-state index in [1.54, 1.807) is 6.07 Å². The summed E-state index contributed by atoms with van der Waals surface area (Å²) >= 11 is 6.18. The third kappa shape index (κ3) is 3.95. The van der Waals surface area contributed by atoms with E-state index in [0.29, 0.717) is 23.9 Å². The van der Waals surface area contributed by atoms with Gasteiger partial charge in [0, 0.05) is 19.8 Å². The first-order valence-corrected chi connectivity index (χ1v) is 7.80. The Morgan fingerprint density at radius 3 is 2.76 bits per heavy atom. The van der Waals surface area contributed by atoms with Crippen molar-refractivity contribution >= 4 is 22.6 Å². The van der Waals surface area contributed by atoms with E-state index < -0.39 is 0 Å². The van der Waals surface area contributed by atoms with E-state index in [2.05, 4.69) is 18.8 Å². The highest BCUT2D eigenvalue weighted by atomic mass is 35.5. The molecule has 0 fully saturated rings. The van der Waals surface area contributed by atoms with Crippen molar-refractivity contribution in [3.63, 3.8) is 0 Å². The molecule has 0 aliphatic carbocycles. The first kappa shape index (κ1) is 16.2. The average Bonchev–Trinajstić information content (AvgIpc) is 2.79. The van der Waals surface area contributed by atoms with Gasteiger partial charge in [-0.3, -0.25) is 0 Å². The minimum absolute atomic E-state index is 0.256. The van der Waals surface area contributed by atoms with Crippen LogP contribution in [0.2, 0.25) is 0 Å². The smallest absolute Gasteiger partial charge is 0.151 e. The molecule has 116 valence electrons. The van der Waals surface area contributed by atoms with E-state index in [9.17, 15) is 4.39 Å². The molecule has 0 radical (unpaired) electrons. The van der Waals surface area contributed by atoms with Crippen LogP contribution >= 0.6 is 11.6 Å². The Kier molecular flexibility index (Phi) is 5.59. The minimum atomic E-state index is -0.305. The topological polar surface area (TPSA) is 27.1 Å². The van der Waals surface area contributed by atoms with Crippen LogP contribution in [0.4, 0.5) is 4.39 Å². The normalized spacial score (nSPS) is 13.2. The molecule has 1 atom stereocenters. The van der Waals surface area contributed by atoms with Crippen molar-refractivity contribution < 1.29 is 9.13 Å². The first-order chi connectivity index (χ1) is 10.0. The summed E-state index contributed by atoms with van der Waals surface area (Å²) in [6.45, 7) is 8.27. The molecule has 0 aliphatic heterocycles. The Bertz CT molecular complexity index is 595. The number of benzene rings is 1. The standard InChI is InChI=1S/C16H22ClFN2O/c1-11(2)10-21-9-5-8-20-14-7-4-6-13(18)15(14)19-16(20)12(3)17/h4,6-7,11-12H,5,8-10H2,1-3H3. The van der Waals surface area contributed by atoms with Crippen molar-refractivity contribution in [1.82, 2.24) is 9.55 Å². The highest BCUT2D eigenvalue weighted by Crippen LogP contribution is 2.26. The van der Waals surface area contributed by atoms with E-state index >= 15 is 0 Å². The lowest BCUT2D eigenvalue weighted by atomic mass is 10.2. The predicted molar refractivity (Wildman–Crippen MR) is 84.2 cm³/mol. The number of fused-ring (bicyclic) bond motifs is 1. The van der Waals surface area contributed by atoms with Gasteiger partial charge in [0.15, 0.2) is 5.82 Å². The largest absolute Gasteiger partial charge is 0.381 e. The van der Waals surface area contributed by atoms with Crippen molar-refractivity contribution in [1.29, 1.82) is 0 Å². The SMILES string of the molecule is CC(C)COCCCn1c(C(C)Cl)nc2c(F)cccc21. The second kappa shape index (κ2) is 7.23. The monoisotopic (exact) mass is 312 g/mol. The summed E-state index contributed by atoms with van der Waals surface area (Å²) in [6.07, 6.45) is 0.852. The summed E-state index contributed by atoms with van der Waals surface area (Å²) in [5.41, 5.74) is 1.18. The van der Waals surface area contributed by atoms with Crippen LogP contribution in [0, 0.1) is 11.7 Å². The Morgan fingerprint density at radius 2 is 2.10 bits per heavy atom. The number of aryl methyl sites for hydroxylation is 1. The van der Waals surface area contributed by atoms with Crippen LogP contribution in [0.5, 0.6) is 0 Å². The van der Waals surface area contributed by atoms with E-state index in [1.807, 2.05) is 17.6 Å². The van der Waals surface area contributed by atoms with Gasteiger partial charge < -0.3 is 9.30 Å². The van der Waals surface area contributed by atoms with Crippen LogP contribution in [0.25, 0.3) is 11.0 Å². The molecule has 1 unspecified atom stereocenters. The maximum absolute atomic E-state index is 13.8. The third-order valence-corrected chi connectivity index (χ3v) is 3.43. The van der Waals surface area contributed by atoms with Crippen molar-refractivity contribution in [2.75, 3.05) is 13.2 Å². The molecule has 0 bridgehead atoms. The molecule has 1 heterocycles. The Labute approximate surface area is 130 Å². The molecule has 1 aromatic heterocycles. The average molecular weight is 313 g/mol. The molecule has 21 heavy (non-hydrogen) atoms. The number of hydrogen-bond donors (Lipinski definition) is 0. The van der Waals surface area contributed by atoms with Gasteiger partial charge in [-0.25, -0.2) is 9.37 Å². The van der Waals surface area contributed by atoms with Gasteiger partial charge in [0.05, 0.1) is 10.9 Å². The number of halogens is 2. The van der Waals surface area contributed by atoms with Crippen LogP contribution in [0.15, 0.2) is 18.2 Å². The molecule has 0 aliphatic rings. The summed E-state index contributed by atoms with van der Waals surface area (Å²) in [7, 11) is 0. The predicted octanol–water partition coefficient (Wildman–Crippen LogP) is 4.54. The molecular weight excluding hydrogens is 291 g/mol. The summed E-state index contributed by atoms with van der Waals surface area (Å²) < 4.78 is 21.4. The summed E-state index contributed by atoms with van der Waals surface area (Å²) in [5.74, 6) is 0.938. The number of para-hydroxylation sites is 1. The molecule has 0 spiro atoms. The number of nitrogens with zero attached hydrogens (tertiary/aromatic N) is 2. The molecule has 0 saturated heterocycles. The molecule has 5 heteroatoms. The second-order valence-corrected chi connectivity index (χ2v) is 6.32. The highest BCUT2D eigenvalue weighted by molar-refractivity contribution is 6.20. The Morgan fingerprint density at radius 1 is 1.33 bits per heavy atom. The van der Waals surface area contributed by atoms with Crippen LogP contribution in [0.1, 0.15) is 38.4 Å². The van der Waals surface area contributed by atoms with Crippen molar-refractivity contribution in [3.05, 3.63) is 29.8 Å². The maximum Gasteiger partial charge on any atom is 0.151 e. The van der Waals surface area contributed by atoms with E-state index in [-0.39, 0.29) is 11.2 Å². The first-order valence-electron chi connectivity index (χ1n) is 7.37. The summed E-state index contributed by atoms with van der Waals surface area (Å²) in [4.78, 5) is 4.35. The Hall–Kier alpha value is -1.13. The van der Waals surface area contributed by atoms with E-state index in [0.717, 1.165) is 25.1 Å². The van der Waals surface area contributed by atoms with Crippen molar-refractivity contribution in [2.24, 2.45) is 5.92 Å². The fraction of sp³-hybridized carbons (Fsp3) is 0.562. The van der Waals surface area contributed by atoms with Crippen molar-refractivity contribution in [2.45, 2.75) is 39.1 Å². The summed E-state index contributed by atoms with van der Waals surface area (Å²) in [5, 5.41) is -0.256. The van der Waals surface area contributed by atoms with Crippen LogP contribution < -0.4 is 0 Å². The number of ether oxygens (including phenoxy) is 1. The Balaban J connectivity index is 2.13. The van der Waals surface area contributed by atoms with Crippen LogP contribution in [0.3, 0.4) is 0 Å². The zero-order valence-corrected chi connectivity index (χ0v) is 13.5. The lowest BCUT2D eigenvalue weighted by molar-refractivity contribution is 0.105. The summed E-state index contributed by atoms with van der Waals surface area (Å²) in [6, 6.07) is 5.01. The molecule has 0 N–H and O–H groups in total. The lowest BCUT2D eigenvalue weighted by Crippen LogP contribution is -2.09.